The number of nitrogens with one attached hydrogen (secondary N) is 1. The zero-order chi connectivity index (χ0) is 14.7. The first-order valence-corrected chi connectivity index (χ1v) is 6.03. The van der Waals surface area contributed by atoms with Crippen LogP contribution in [0.2, 0.25) is 5.02 Å². The van der Waals surface area contributed by atoms with E-state index in [9.17, 15) is 9.59 Å². The molecule has 0 bridgehead atoms. The molecule has 0 radical (unpaired) electrons. The lowest BCUT2D eigenvalue weighted by atomic mass is 10.2. The Morgan fingerprint density at radius 1 is 1.45 bits per heavy atom. The summed E-state index contributed by atoms with van der Waals surface area (Å²) in [5, 5.41) is 18.8. The molecule has 0 fully saturated rings. The molecule has 0 saturated carbocycles. The Morgan fingerprint density at radius 3 is 2.80 bits per heavy atom. The summed E-state index contributed by atoms with van der Waals surface area (Å²) in [7, 11) is 0. The van der Waals surface area contributed by atoms with Gasteiger partial charge in [0.1, 0.15) is 6.54 Å². The van der Waals surface area contributed by atoms with Gasteiger partial charge in [0, 0.05) is 0 Å². The Morgan fingerprint density at radius 2 is 2.20 bits per heavy atom. The van der Waals surface area contributed by atoms with Gasteiger partial charge in [0.2, 0.25) is 5.91 Å². The van der Waals surface area contributed by atoms with Gasteiger partial charge in [0.15, 0.2) is 5.69 Å². The minimum atomic E-state index is -1.20. The number of carbonyl (C=O) groups excluding carboxylic acids is 1. The third-order valence-electron chi connectivity index (χ3n) is 2.55. The maximum atomic E-state index is 11.9. The van der Waals surface area contributed by atoms with Crippen LogP contribution in [0.25, 0.3) is 0 Å². The summed E-state index contributed by atoms with van der Waals surface area (Å²) < 4.78 is 1.14. The Balaban J connectivity index is 2.07. The summed E-state index contributed by atoms with van der Waals surface area (Å²) in [4.78, 5) is 22.5. The van der Waals surface area contributed by atoms with Gasteiger partial charge in [0.05, 0.1) is 16.9 Å². The quantitative estimate of drug-likeness (QED) is 0.892. The number of rotatable bonds is 4. The van der Waals surface area contributed by atoms with Crippen LogP contribution in [0.4, 0.5) is 5.69 Å². The number of para-hydroxylation sites is 1. The molecule has 104 valence electrons. The van der Waals surface area contributed by atoms with Crippen molar-refractivity contribution in [3.63, 3.8) is 0 Å². The lowest BCUT2D eigenvalue weighted by Gasteiger charge is -2.09. The predicted octanol–water partition coefficient (Wildman–Crippen LogP) is 1.58. The van der Waals surface area contributed by atoms with Crippen LogP contribution in [0.1, 0.15) is 16.1 Å². The molecule has 2 N–H and O–H groups in total. The van der Waals surface area contributed by atoms with Crippen LogP contribution in [-0.4, -0.2) is 32.0 Å². The summed E-state index contributed by atoms with van der Waals surface area (Å²) in [6.07, 6.45) is 1.18. The van der Waals surface area contributed by atoms with Crippen LogP contribution in [0.15, 0.2) is 24.4 Å². The number of hydrogen-bond donors (Lipinski definition) is 2. The summed E-state index contributed by atoms with van der Waals surface area (Å²) in [5.74, 6) is -1.57. The molecule has 1 heterocycles. The number of aromatic carboxylic acids is 1. The highest BCUT2D eigenvalue weighted by atomic mass is 35.5. The van der Waals surface area contributed by atoms with Gasteiger partial charge >= 0.3 is 5.97 Å². The first kappa shape index (κ1) is 14.0. The fraction of sp³-hybridized carbons (Fsp3) is 0.167. The van der Waals surface area contributed by atoms with Crippen molar-refractivity contribution < 1.29 is 14.7 Å². The molecule has 0 aliphatic carbocycles. The van der Waals surface area contributed by atoms with Gasteiger partial charge in [-0.25, -0.2) is 9.48 Å². The number of carbonyl (C=O) groups is 2. The summed E-state index contributed by atoms with van der Waals surface area (Å²) >= 11 is 6.00. The number of aromatic nitrogens is 3. The number of nitrogens with zero attached hydrogens (tertiary/aromatic N) is 3. The van der Waals surface area contributed by atoms with Crippen molar-refractivity contribution in [1.29, 1.82) is 0 Å². The van der Waals surface area contributed by atoms with Gasteiger partial charge in [-0.2, -0.15) is 0 Å². The molecular formula is C12H11ClN4O3. The van der Waals surface area contributed by atoms with Gasteiger partial charge < -0.3 is 10.4 Å². The van der Waals surface area contributed by atoms with Crippen LogP contribution >= 0.6 is 11.6 Å². The lowest BCUT2D eigenvalue weighted by molar-refractivity contribution is -0.116. The van der Waals surface area contributed by atoms with Crippen molar-refractivity contribution in [2.45, 2.75) is 13.5 Å². The van der Waals surface area contributed by atoms with Crippen LogP contribution in [0.3, 0.4) is 0 Å². The van der Waals surface area contributed by atoms with E-state index in [0.29, 0.717) is 10.7 Å². The Hall–Kier alpha value is -2.41. The smallest absolute Gasteiger partial charge is 0.358 e. The fourth-order valence-electron chi connectivity index (χ4n) is 1.59. The molecular weight excluding hydrogens is 284 g/mol. The van der Waals surface area contributed by atoms with Gasteiger partial charge in [-0.3, -0.25) is 4.79 Å². The van der Waals surface area contributed by atoms with E-state index in [-0.39, 0.29) is 18.1 Å². The monoisotopic (exact) mass is 294 g/mol. The van der Waals surface area contributed by atoms with E-state index in [4.69, 9.17) is 16.7 Å². The SMILES string of the molecule is Cc1cccc(Cl)c1NC(=O)Cn1cc(C(=O)O)nn1. The van der Waals surface area contributed by atoms with E-state index in [1.54, 1.807) is 12.1 Å². The van der Waals surface area contributed by atoms with E-state index in [0.717, 1.165) is 10.2 Å². The van der Waals surface area contributed by atoms with Crippen LogP contribution in [-0.2, 0) is 11.3 Å². The van der Waals surface area contributed by atoms with Crippen molar-refractivity contribution in [3.05, 3.63) is 40.7 Å². The Bertz CT molecular complexity index is 648. The normalized spacial score (nSPS) is 10.3. The highest BCUT2D eigenvalue weighted by Crippen LogP contribution is 2.25. The average molecular weight is 295 g/mol. The highest BCUT2D eigenvalue weighted by molar-refractivity contribution is 6.33. The minimum absolute atomic E-state index is 0.148. The van der Waals surface area contributed by atoms with Crippen LogP contribution in [0, 0.1) is 6.92 Å². The minimum Gasteiger partial charge on any atom is -0.476 e. The number of carboxylic acids is 1. The van der Waals surface area contributed by atoms with E-state index in [1.165, 1.54) is 6.20 Å². The summed E-state index contributed by atoms with van der Waals surface area (Å²) in [5.41, 5.74) is 1.14. The number of amides is 1. The molecule has 1 aromatic carbocycles. The molecule has 7 nitrogen and oxygen atoms in total. The van der Waals surface area contributed by atoms with Crippen molar-refractivity contribution in [2.75, 3.05) is 5.32 Å². The first-order valence-electron chi connectivity index (χ1n) is 5.66. The Kier molecular flexibility index (Phi) is 3.99. The van der Waals surface area contributed by atoms with Crippen molar-refractivity contribution in [3.8, 4) is 0 Å². The second-order valence-electron chi connectivity index (χ2n) is 4.09. The number of hydrogen-bond acceptors (Lipinski definition) is 4. The van der Waals surface area contributed by atoms with Crippen molar-refractivity contribution >= 4 is 29.2 Å². The van der Waals surface area contributed by atoms with Crippen LogP contribution < -0.4 is 5.32 Å². The highest BCUT2D eigenvalue weighted by Gasteiger charge is 2.12. The predicted molar refractivity (Wildman–Crippen MR) is 71.8 cm³/mol. The van der Waals surface area contributed by atoms with Gasteiger partial charge in [-0.1, -0.05) is 28.9 Å². The van der Waals surface area contributed by atoms with E-state index in [2.05, 4.69) is 15.6 Å². The maximum Gasteiger partial charge on any atom is 0.358 e. The molecule has 0 aliphatic heterocycles. The molecule has 0 spiro atoms. The second-order valence-corrected chi connectivity index (χ2v) is 4.49. The third-order valence-corrected chi connectivity index (χ3v) is 2.86. The maximum absolute atomic E-state index is 11.9. The molecule has 8 heteroatoms. The van der Waals surface area contributed by atoms with E-state index >= 15 is 0 Å². The topological polar surface area (TPSA) is 97.1 Å². The molecule has 0 unspecified atom stereocenters. The van der Waals surface area contributed by atoms with Gasteiger partial charge in [-0.15, -0.1) is 5.10 Å². The molecule has 20 heavy (non-hydrogen) atoms. The van der Waals surface area contributed by atoms with Gasteiger partial charge in [-0.05, 0) is 18.6 Å². The number of anilines is 1. The average Bonchev–Trinajstić information content (AvgIpc) is 2.82. The van der Waals surface area contributed by atoms with Crippen LogP contribution in [0.5, 0.6) is 0 Å². The molecule has 0 aliphatic rings. The number of carboxylic acid groups (broad SMARTS) is 1. The second kappa shape index (κ2) is 5.70. The Labute approximate surface area is 119 Å². The molecule has 1 aromatic heterocycles. The first-order chi connectivity index (χ1) is 9.47. The third kappa shape index (κ3) is 3.12. The van der Waals surface area contributed by atoms with E-state index in [1.807, 2.05) is 13.0 Å². The van der Waals surface area contributed by atoms with Gasteiger partial charge in [0.25, 0.3) is 0 Å². The summed E-state index contributed by atoms with van der Waals surface area (Å²) in [6, 6.07) is 5.27. The number of benzene rings is 1. The molecule has 0 atom stereocenters. The number of aryl methyl sites for hydroxylation is 1. The zero-order valence-electron chi connectivity index (χ0n) is 10.5. The fourth-order valence-corrected chi connectivity index (χ4v) is 1.86. The lowest BCUT2D eigenvalue weighted by Crippen LogP contribution is -2.20. The molecule has 2 aromatic rings. The molecule has 1 amide bonds. The van der Waals surface area contributed by atoms with E-state index < -0.39 is 5.97 Å². The van der Waals surface area contributed by atoms with Crippen molar-refractivity contribution in [2.24, 2.45) is 0 Å². The standard InChI is InChI=1S/C12H11ClN4O3/c1-7-3-2-4-8(13)11(7)14-10(18)6-17-5-9(12(19)20)15-16-17/h2-5H,6H2,1H3,(H,14,18)(H,19,20). The number of halogens is 1. The van der Waals surface area contributed by atoms with Crippen molar-refractivity contribution in [1.82, 2.24) is 15.0 Å². The zero-order valence-corrected chi connectivity index (χ0v) is 11.3. The molecule has 2 rings (SSSR count). The molecule has 0 saturated heterocycles. The summed E-state index contributed by atoms with van der Waals surface area (Å²) in [6.45, 7) is 1.67. The largest absolute Gasteiger partial charge is 0.476 e.